The minimum atomic E-state index is -0.483. The summed E-state index contributed by atoms with van der Waals surface area (Å²) in [5.74, 6) is -0.0321. The molecule has 0 radical (unpaired) electrons. The van der Waals surface area contributed by atoms with Crippen molar-refractivity contribution in [3.8, 4) is 0 Å². The van der Waals surface area contributed by atoms with Crippen molar-refractivity contribution in [2.24, 2.45) is 5.92 Å². The Morgan fingerprint density at radius 2 is 2.06 bits per heavy atom. The van der Waals surface area contributed by atoms with Crippen LogP contribution in [0.15, 0.2) is 15.9 Å². The molecule has 1 unspecified atom stereocenters. The van der Waals surface area contributed by atoms with Crippen molar-refractivity contribution in [1.82, 2.24) is 10.6 Å². The van der Waals surface area contributed by atoms with Crippen LogP contribution in [0.25, 0.3) is 0 Å². The van der Waals surface area contributed by atoms with Gasteiger partial charge in [-0.25, -0.2) is 0 Å². The number of thiophene rings is 1. The molecule has 0 aliphatic heterocycles. The molecule has 6 heteroatoms. The molecule has 1 heterocycles. The van der Waals surface area contributed by atoms with E-state index in [1.54, 1.807) is 13.1 Å². The van der Waals surface area contributed by atoms with Crippen LogP contribution in [0.1, 0.15) is 29.9 Å². The topological polar surface area (TPSA) is 58.2 Å². The lowest BCUT2D eigenvalue weighted by atomic mass is 10.0. The predicted octanol–water partition coefficient (Wildman–Crippen LogP) is 2.40. The van der Waals surface area contributed by atoms with Crippen LogP contribution in [0.5, 0.6) is 0 Å². The Labute approximate surface area is 119 Å². The van der Waals surface area contributed by atoms with Crippen LogP contribution in [-0.4, -0.2) is 24.9 Å². The molecular formula is C12H17BrN2O2S. The Balaban J connectivity index is 2.71. The fourth-order valence-electron chi connectivity index (χ4n) is 1.54. The van der Waals surface area contributed by atoms with Crippen molar-refractivity contribution >= 4 is 39.1 Å². The summed E-state index contributed by atoms with van der Waals surface area (Å²) in [7, 11) is 1.57. The van der Waals surface area contributed by atoms with Gasteiger partial charge in [0, 0.05) is 7.05 Å². The van der Waals surface area contributed by atoms with Gasteiger partial charge >= 0.3 is 0 Å². The van der Waals surface area contributed by atoms with Gasteiger partial charge in [-0.05, 0) is 40.4 Å². The van der Waals surface area contributed by atoms with Gasteiger partial charge in [0.15, 0.2) is 0 Å². The third-order valence-corrected chi connectivity index (χ3v) is 3.99. The fourth-order valence-corrected chi connectivity index (χ4v) is 2.83. The summed E-state index contributed by atoms with van der Waals surface area (Å²) in [5.41, 5.74) is 0. The zero-order valence-electron chi connectivity index (χ0n) is 10.6. The first kappa shape index (κ1) is 15.2. The molecule has 1 rings (SSSR count). The van der Waals surface area contributed by atoms with Gasteiger partial charge in [-0.2, -0.15) is 0 Å². The van der Waals surface area contributed by atoms with Gasteiger partial charge in [-0.15, -0.1) is 11.3 Å². The van der Waals surface area contributed by atoms with Gasteiger partial charge in [0.1, 0.15) is 6.04 Å². The number of likely N-dealkylation sites (N-methyl/N-ethyl adjacent to an activating group) is 1. The minimum Gasteiger partial charge on any atom is -0.357 e. The first-order chi connectivity index (χ1) is 8.43. The van der Waals surface area contributed by atoms with Gasteiger partial charge < -0.3 is 10.6 Å². The SMILES string of the molecule is CNC(=O)C(CC(C)C)NC(=O)c1ccc(Br)s1. The van der Waals surface area contributed by atoms with Crippen molar-refractivity contribution in [2.75, 3.05) is 7.05 Å². The molecule has 0 bridgehead atoms. The van der Waals surface area contributed by atoms with Crippen LogP contribution in [0.3, 0.4) is 0 Å². The lowest BCUT2D eigenvalue weighted by Crippen LogP contribution is -2.46. The van der Waals surface area contributed by atoms with E-state index in [1.807, 2.05) is 19.9 Å². The average molecular weight is 333 g/mol. The van der Waals surface area contributed by atoms with Crippen molar-refractivity contribution in [1.29, 1.82) is 0 Å². The maximum absolute atomic E-state index is 12.0. The third kappa shape index (κ3) is 4.42. The van der Waals surface area contributed by atoms with E-state index < -0.39 is 6.04 Å². The number of nitrogens with one attached hydrogen (secondary N) is 2. The highest BCUT2D eigenvalue weighted by Crippen LogP contribution is 2.22. The Morgan fingerprint density at radius 3 is 2.50 bits per heavy atom. The van der Waals surface area contributed by atoms with Crippen LogP contribution in [0, 0.1) is 5.92 Å². The van der Waals surface area contributed by atoms with Gasteiger partial charge in [0.2, 0.25) is 5.91 Å². The highest BCUT2D eigenvalue weighted by atomic mass is 79.9. The summed E-state index contributed by atoms with van der Waals surface area (Å²) in [6.07, 6.45) is 0.623. The van der Waals surface area contributed by atoms with E-state index in [0.29, 0.717) is 17.2 Å². The summed E-state index contributed by atoms with van der Waals surface area (Å²) >= 11 is 4.66. The van der Waals surface area contributed by atoms with Crippen molar-refractivity contribution < 1.29 is 9.59 Å². The molecule has 100 valence electrons. The second-order valence-electron chi connectivity index (χ2n) is 4.37. The Morgan fingerprint density at radius 1 is 1.39 bits per heavy atom. The zero-order valence-corrected chi connectivity index (χ0v) is 13.0. The van der Waals surface area contributed by atoms with E-state index in [2.05, 4.69) is 26.6 Å². The largest absolute Gasteiger partial charge is 0.357 e. The predicted molar refractivity (Wildman–Crippen MR) is 76.8 cm³/mol. The maximum Gasteiger partial charge on any atom is 0.262 e. The standard InChI is InChI=1S/C12H17BrN2O2S/c1-7(2)6-8(11(16)14-3)15-12(17)9-4-5-10(13)18-9/h4-5,7-8H,6H2,1-3H3,(H,14,16)(H,15,17). The summed E-state index contributed by atoms with van der Waals surface area (Å²) in [5, 5.41) is 5.34. The zero-order chi connectivity index (χ0) is 13.7. The van der Waals surface area contributed by atoms with Crippen LogP contribution in [-0.2, 0) is 4.79 Å². The molecule has 0 aliphatic rings. The second kappa shape index (κ2) is 6.89. The number of halogens is 1. The first-order valence-corrected chi connectivity index (χ1v) is 7.32. The maximum atomic E-state index is 12.0. The summed E-state index contributed by atoms with van der Waals surface area (Å²) in [4.78, 5) is 24.3. The van der Waals surface area contributed by atoms with Gasteiger partial charge in [0.05, 0.1) is 8.66 Å². The molecular weight excluding hydrogens is 316 g/mol. The summed E-state index contributed by atoms with van der Waals surface area (Å²) in [6.45, 7) is 4.04. The first-order valence-electron chi connectivity index (χ1n) is 5.71. The van der Waals surface area contributed by atoms with E-state index in [9.17, 15) is 9.59 Å². The van der Waals surface area contributed by atoms with Gasteiger partial charge in [0.25, 0.3) is 5.91 Å². The van der Waals surface area contributed by atoms with Crippen molar-refractivity contribution in [3.63, 3.8) is 0 Å². The molecule has 1 aromatic heterocycles. The molecule has 1 aromatic rings. The monoisotopic (exact) mass is 332 g/mol. The molecule has 0 fully saturated rings. The van der Waals surface area contributed by atoms with Crippen LogP contribution in [0.2, 0.25) is 0 Å². The molecule has 1 atom stereocenters. The number of carbonyl (C=O) groups excluding carboxylic acids is 2. The molecule has 0 saturated heterocycles. The molecule has 0 saturated carbocycles. The smallest absolute Gasteiger partial charge is 0.262 e. The summed E-state index contributed by atoms with van der Waals surface area (Å²) in [6, 6.07) is 3.07. The van der Waals surface area contributed by atoms with Crippen molar-refractivity contribution in [2.45, 2.75) is 26.3 Å². The normalized spacial score (nSPS) is 12.3. The third-order valence-electron chi connectivity index (χ3n) is 2.37. The average Bonchev–Trinajstić information content (AvgIpc) is 2.73. The molecule has 2 N–H and O–H groups in total. The lowest BCUT2D eigenvalue weighted by Gasteiger charge is -2.18. The molecule has 4 nitrogen and oxygen atoms in total. The molecule has 0 spiro atoms. The number of rotatable bonds is 5. The minimum absolute atomic E-state index is 0.160. The molecule has 2 amide bonds. The van der Waals surface area contributed by atoms with E-state index in [4.69, 9.17) is 0 Å². The number of carbonyl (C=O) groups is 2. The van der Waals surface area contributed by atoms with E-state index >= 15 is 0 Å². The van der Waals surface area contributed by atoms with E-state index in [0.717, 1.165) is 3.79 Å². The Bertz CT molecular complexity index is 431. The highest BCUT2D eigenvalue weighted by Gasteiger charge is 2.22. The van der Waals surface area contributed by atoms with Gasteiger partial charge in [-0.1, -0.05) is 13.8 Å². The quantitative estimate of drug-likeness (QED) is 0.869. The number of hydrogen-bond acceptors (Lipinski definition) is 3. The number of amides is 2. The second-order valence-corrected chi connectivity index (χ2v) is 6.84. The highest BCUT2D eigenvalue weighted by molar-refractivity contribution is 9.11. The van der Waals surface area contributed by atoms with Gasteiger partial charge in [-0.3, -0.25) is 9.59 Å². The van der Waals surface area contributed by atoms with E-state index in [-0.39, 0.29) is 11.8 Å². The van der Waals surface area contributed by atoms with E-state index in [1.165, 1.54) is 11.3 Å². The molecule has 18 heavy (non-hydrogen) atoms. The Hall–Kier alpha value is -0.880. The van der Waals surface area contributed by atoms with Crippen molar-refractivity contribution in [3.05, 3.63) is 20.8 Å². The van der Waals surface area contributed by atoms with Crippen LogP contribution >= 0.6 is 27.3 Å². The van der Waals surface area contributed by atoms with Crippen LogP contribution in [0.4, 0.5) is 0 Å². The Kier molecular flexibility index (Phi) is 5.81. The lowest BCUT2D eigenvalue weighted by molar-refractivity contribution is -0.122. The number of hydrogen-bond donors (Lipinski definition) is 2. The molecule has 0 aliphatic carbocycles. The summed E-state index contributed by atoms with van der Waals surface area (Å²) < 4.78 is 0.896. The molecule has 0 aromatic carbocycles. The van der Waals surface area contributed by atoms with Crippen LogP contribution < -0.4 is 10.6 Å². The fraction of sp³-hybridized carbons (Fsp3) is 0.500.